The predicted octanol–water partition coefficient (Wildman–Crippen LogP) is 5.49. The van der Waals surface area contributed by atoms with E-state index in [9.17, 15) is 28.3 Å². The normalized spacial score (nSPS) is 23.7. The molecule has 162 valence electrons. The standard InChI is InChI=1S/C21H16ClF3N2O2S2/c1-2-9-31-19-13(11-26)16(12-6-3-4-7-14(12)22)17(18(28)15-8-5-10-30-15)20(29,27-19)21(23,24)25/h2-8,10,16-17,27,29H,1,9H2/t16-,17+,20+/m0/s1. The Kier molecular flexibility index (Phi) is 6.86. The van der Waals surface area contributed by atoms with Crippen LogP contribution in [-0.4, -0.2) is 28.5 Å². The van der Waals surface area contributed by atoms with Crippen LogP contribution in [0.1, 0.15) is 21.2 Å². The molecule has 0 radical (unpaired) electrons. The minimum atomic E-state index is -5.23. The van der Waals surface area contributed by atoms with Crippen molar-refractivity contribution in [3.05, 3.63) is 80.5 Å². The predicted molar refractivity (Wildman–Crippen MR) is 116 cm³/mol. The van der Waals surface area contributed by atoms with Gasteiger partial charge in [-0.1, -0.05) is 41.9 Å². The van der Waals surface area contributed by atoms with Crippen LogP contribution < -0.4 is 5.32 Å². The number of nitrogens with one attached hydrogen (secondary N) is 1. The highest BCUT2D eigenvalue weighted by atomic mass is 35.5. The first-order valence-electron chi connectivity index (χ1n) is 8.93. The van der Waals surface area contributed by atoms with Crippen LogP contribution in [-0.2, 0) is 0 Å². The van der Waals surface area contributed by atoms with Crippen LogP contribution in [0.15, 0.2) is 65.0 Å². The molecular formula is C21H16ClF3N2O2S2. The number of ketones is 1. The minimum absolute atomic E-state index is 0.0333. The topological polar surface area (TPSA) is 73.1 Å². The lowest BCUT2D eigenvalue weighted by molar-refractivity contribution is -0.285. The molecule has 0 spiro atoms. The van der Waals surface area contributed by atoms with Crippen molar-refractivity contribution in [2.24, 2.45) is 5.92 Å². The van der Waals surface area contributed by atoms with Crippen molar-refractivity contribution in [1.29, 1.82) is 5.26 Å². The van der Waals surface area contributed by atoms with Crippen molar-refractivity contribution in [2.75, 3.05) is 5.75 Å². The first kappa shape index (κ1) is 23.4. The summed E-state index contributed by atoms with van der Waals surface area (Å²) in [5, 5.41) is 24.4. The Bertz CT molecular complexity index is 1060. The quantitative estimate of drug-likeness (QED) is 0.419. The number of allylic oxidation sites excluding steroid dienone is 1. The Hall–Kier alpha value is -2.25. The number of benzene rings is 1. The Balaban J connectivity index is 2.34. The summed E-state index contributed by atoms with van der Waals surface area (Å²) in [6.45, 7) is 3.54. The number of hydrogen-bond donors (Lipinski definition) is 2. The van der Waals surface area contributed by atoms with Gasteiger partial charge in [-0.25, -0.2) is 0 Å². The zero-order chi connectivity index (χ0) is 22.8. The average Bonchev–Trinajstić information content (AvgIpc) is 3.26. The molecule has 31 heavy (non-hydrogen) atoms. The number of thioether (sulfide) groups is 1. The van der Waals surface area contributed by atoms with Gasteiger partial charge in [-0.05, 0) is 23.1 Å². The Morgan fingerprint density at radius 1 is 1.39 bits per heavy atom. The number of hydrogen-bond acceptors (Lipinski definition) is 6. The fourth-order valence-corrected chi connectivity index (χ4v) is 5.26. The summed E-state index contributed by atoms with van der Waals surface area (Å²) >= 11 is 8.12. The number of Topliss-reactive ketones (excluding diaryl/α,β-unsaturated/α-hetero) is 1. The summed E-state index contributed by atoms with van der Waals surface area (Å²) in [5.41, 5.74) is -3.58. The van der Waals surface area contributed by atoms with Gasteiger partial charge < -0.3 is 10.4 Å². The third-order valence-electron chi connectivity index (χ3n) is 4.83. The maximum Gasteiger partial charge on any atom is 0.437 e. The second-order valence-corrected chi connectivity index (χ2v) is 9.05. The molecule has 0 saturated heterocycles. The molecule has 3 rings (SSSR count). The zero-order valence-electron chi connectivity index (χ0n) is 15.8. The Labute approximate surface area is 190 Å². The molecule has 0 aliphatic carbocycles. The van der Waals surface area contributed by atoms with Gasteiger partial charge in [0.1, 0.15) is 0 Å². The molecular weight excluding hydrogens is 469 g/mol. The summed E-state index contributed by atoms with van der Waals surface area (Å²) < 4.78 is 42.8. The molecule has 4 nitrogen and oxygen atoms in total. The highest BCUT2D eigenvalue weighted by Crippen LogP contribution is 2.52. The van der Waals surface area contributed by atoms with E-state index in [1.54, 1.807) is 17.5 Å². The number of rotatable bonds is 6. The zero-order valence-corrected chi connectivity index (χ0v) is 18.2. The number of halogens is 4. The molecule has 2 heterocycles. The van der Waals surface area contributed by atoms with E-state index >= 15 is 0 Å². The van der Waals surface area contributed by atoms with E-state index in [0.29, 0.717) is 0 Å². The molecule has 0 amide bonds. The lowest BCUT2D eigenvalue weighted by Gasteiger charge is -2.45. The second-order valence-electron chi connectivity index (χ2n) is 6.66. The average molecular weight is 485 g/mol. The summed E-state index contributed by atoms with van der Waals surface area (Å²) in [6.07, 6.45) is -3.78. The van der Waals surface area contributed by atoms with E-state index in [-0.39, 0.29) is 31.8 Å². The molecule has 2 N–H and O–H groups in total. The maximum atomic E-state index is 14.3. The lowest BCUT2D eigenvalue weighted by Crippen LogP contribution is -2.66. The van der Waals surface area contributed by atoms with E-state index in [4.69, 9.17) is 11.6 Å². The fraction of sp³-hybridized carbons (Fsp3) is 0.238. The van der Waals surface area contributed by atoms with Gasteiger partial charge in [0.2, 0.25) is 5.72 Å². The van der Waals surface area contributed by atoms with E-state index in [0.717, 1.165) is 23.1 Å². The number of nitrogens with zero attached hydrogens (tertiary/aromatic N) is 1. The Morgan fingerprint density at radius 3 is 2.65 bits per heavy atom. The Morgan fingerprint density at radius 2 is 2.10 bits per heavy atom. The number of aliphatic hydroxyl groups is 1. The van der Waals surface area contributed by atoms with Crippen LogP contribution >= 0.6 is 34.7 Å². The smallest absolute Gasteiger partial charge is 0.363 e. The van der Waals surface area contributed by atoms with Crippen LogP contribution in [0.3, 0.4) is 0 Å². The van der Waals surface area contributed by atoms with Gasteiger partial charge in [-0.3, -0.25) is 4.79 Å². The van der Waals surface area contributed by atoms with Crippen LogP contribution in [0.25, 0.3) is 0 Å². The number of carbonyl (C=O) groups is 1. The highest BCUT2D eigenvalue weighted by Gasteiger charge is 2.66. The van der Waals surface area contributed by atoms with Crippen molar-refractivity contribution >= 4 is 40.5 Å². The molecule has 1 aromatic heterocycles. The van der Waals surface area contributed by atoms with E-state index in [1.165, 1.54) is 30.3 Å². The van der Waals surface area contributed by atoms with Gasteiger partial charge in [-0.2, -0.15) is 18.4 Å². The fourth-order valence-electron chi connectivity index (χ4n) is 3.47. The van der Waals surface area contributed by atoms with Gasteiger partial charge in [0, 0.05) is 16.7 Å². The molecule has 0 saturated carbocycles. The summed E-state index contributed by atoms with van der Waals surface area (Å²) in [7, 11) is 0. The molecule has 0 unspecified atom stereocenters. The summed E-state index contributed by atoms with van der Waals surface area (Å²) in [5.74, 6) is -4.25. The van der Waals surface area contributed by atoms with Gasteiger partial charge in [-0.15, -0.1) is 29.7 Å². The lowest BCUT2D eigenvalue weighted by atomic mass is 9.70. The third kappa shape index (κ3) is 4.26. The first-order chi connectivity index (χ1) is 14.7. The molecule has 0 bridgehead atoms. The molecule has 1 aliphatic rings. The van der Waals surface area contributed by atoms with Gasteiger partial charge >= 0.3 is 6.18 Å². The van der Waals surface area contributed by atoms with Gasteiger partial charge in [0.25, 0.3) is 0 Å². The van der Waals surface area contributed by atoms with Gasteiger partial charge in [0.05, 0.1) is 27.5 Å². The SMILES string of the molecule is C=CCSC1=C(C#N)[C@H](c2ccccc2Cl)[C@H](C(=O)c2cccs2)[C@@](O)(C(F)(F)F)N1. The third-order valence-corrected chi connectivity index (χ3v) is 7.07. The number of alkyl halides is 3. The molecule has 1 aromatic carbocycles. The molecule has 2 aromatic rings. The van der Waals surface area contributed by atoms with E-state index in [1.807, 2.05) is 6.07 Å². The van der Waals surface area contributed by atoms with Crippen molar-refractivity contribution < 1.29 is 23.1 Å². The summed E-state index contributed by atoms with van der Waals surface area (Å²) in [6, 6.07) is 10.9. The maximum absolute atomic E-state index is 14.3. The van der Waals surface area contributed by atoms with Crippen molar-refractivity contribution in [3.8, 4) is 6.07 Å². The molecule has 0 fully saturated rings. The van der Waals surface area contributed by atoms with E-state index < -0.39 is 29.5 Å². The monoisotopic (exact) mass is 484 g/mol. The van der Waals surface area contributed by atoms with Crippen molar-refractivity contribution in [1.82, 2.24) is 5.32 Å². The van der Waals surface area contributed by atoms with Crippen molar-refractivity contribution in [2.45, 2.75) is 17.8 Å². The van der Waals surface area contributed by atoms with Crippen molar-refractivity contribution in [3.63, 3.8) is 0 Å². The van der Waals surface area contributed by atoms with Crippen LogP contribution in [0.4, 0.5) is 13.2 Å². The van der Waals surface area contributed by atoms with Crippen LogP contribution in [0, 0.1) is 17.2 Å². The molecule has 1 aliphatic heterocycles. The number of carbonyl (C=O) groups excluding carboxylic acids is 1. The number of thiophene rings is 1. The van der Waals surface area contributed by atoms with E-state index in [2.05, 4.69) is 11.9 Å². The van der Waals surface area contributed by atoms with Gasteiger partial charge in [0.15, 0.2) is 5.78 Å². The largest absolute Gasteiger partial charge is 0.437 e. The minimum Gasteiger partial charge on any atom is -0.363 e. The molecule has 3 atom stereocenters. The summed E-state index contributed by atoms with van der Waals surface area (Å²) in [4.78, 5) is 13.3. The second kappa shape index (κ2) is 9.09. The first-order valence-corrected chi connectivity index (χ1v) is 11.2. The highest BCUT2D eigenvalue weighted by molar-refractivity contribution is 8.03. The molecule has 10 heteroatoms. The van der Waals surface area contributed by atoms with Crippen LogP contribution in [0.5, 0.6) is 0 Å². The number of nitriles is 1. The van der Waals surface area contributed by atoms with Crippen LogP contribution in [0.2, 0.25) is 5.02 Å².